The maximum absolute atomic E-state index is 13.1. The summed E-state index contributed by atoms with van der Waals surface area (Å²) in [6, 6.07) is 17.7. The predicted octanol–water partition coefficient (Wildman–Crippen LogP) is 5.64. The third kappa shape index (κ3) is 5.65. The van der Waals surface area contributed by atoms with Crippen molar-refractivity contribution in [2.45, 2.75) is 13.5 Å². The Hall–Kier alpha value is -3.81. The molecule has 1 N–H and O–H groups in total. The lowest BCUT2D eigenvalue weighted by atomic mass is 10.1. The van der Waals surface area contributed by atoms with Gasteiger partial charge in [0.25, 0.3) is 11.8 Å². The number of carbonyl (C=O) groups is 3. The number of rotatable bonds is 7. The molecule has 4 rings (SSSR count). The van der Waals surface area contributed by atoms with Gasteiger partial charge >= 0.3 is 6.03 Å². The third-order valence-electron chi connectivity index (χ3n) is 5.06. The minimum atomic E-state index is -0.830. The maximum Gasteiger partial charge on any atom is 0.335 e. The molecule has 35 heavy (non-hydrogen) atoms. The molecule has 0 spiro atoms. The van der Waals surface area contributed by atoms with Gasteiger partial charge in [-0.15, -0.1) is 0 Å². The molecule has 7 nitrogen and oxygen atoms in total. The van der Waals surface area contributed by atoms with Crippen LogP contribution in [0.3, 0.4) is 0 Å². The molecule has 1 fully saturated rings. The summed E-state index contributed by atoms with van der Waals surface area (Å²) < 4.78 is 11.1. The molecule has 1 aliphatic heterocycles. The molecule has 1 heterocycles. The van der Waals surface area contributed by atoms with E-state index in [0.717, 1.165) is 10.5 Å². The van der Waals surface area contributed by atoms with Crippen LogP contribution in [0.4, 0.5) is 10.5 Å². The van der Waals surface area contributed by atoms with Crippen LogP contribution in [0.15, 0.2) is 72.3 Å². The van der Waals surface area contributed by atoms with E-state index >= 15 is 0 Å². The molecular formula is C26H20Cl2N2O5. The number of anilines is 1. The topological polar surface area (TPSA) is 84.9 Å². The Labute approximate surface area is 211 Å². The number of benzene rings is 3. The van der Waals surface area contributed by atoms with Gasteiger partial charge in [0.05, 0.1) is 17.3 Å². The smallest absolute Gasteiger partial charge is 0.335 e. The van der Waals surface area contributed by atoms with Crippen molar-refractivity contribution in [3.63, 3.8) is 0 Å². The molecule has 3 aromatic carbocycles. The predicted molar refractivity (Wildman–Crippen MR) is 134 cm³/mol. The standard InChI is InChI=1S/C26H20Cl2N2O5/c1-2-34-20-9-7-19(8-10-20)30-25(32)21(24(31)29-26(30)33)13-16-6-11-23(22(28)14-16)35-15-17-4-3-5-18(27)12-17/h3-14H,2,15H2,1H3,(H,29,31,33)/b21-13+. The van der Waals surface area contributed by atoms with Crippen LogP contribution in [-0.2, 0) is 16.2 Å². The van der Waals surface area contributed by atoms with Crippen LogP contribution < -0.4 is 19.7 Å². The molecule has 0 saturated carbocycles. The first-order valence-corrected chi connectivity index (χ1v) is 11.4. The number of halogens is 2. The van der Waals surface area contributed by atoms with Gasteiger partial charge in [-0.25, -0.2) is 9.69 Å². The quantitative estimate of drug-likeness (QED) is 0.328. The molecule has 9 heteroatoms. The Bertz CT molecular complexity index is 1320. The number of ether oxygens (including phenoxy) is 2. The summed E-state index contributed by atoms with van der Waals surface area (Å²) in [7, 11) is 0. The van der Waals surface area contributed by atoms with E-state index in [1.165, 1.54) is 6.08 Å². The number of nitrogens with zero attached hydrogens (tertiary/aromatic N) is 1. The highest BCUT2D eigenvalue weighted by Crippen LogP contribution is 2.29. The van der Waals surface area contributed by atoms with E-state index in [9.17, 15) is 14.4 Å². The first kappa shape index (κ1) is 24.3. The minimum absolute atomic E-state index is 0.206. The van der Waals surface area contributed by atoms with Crippen molar-refractivity contribution in [1.29, 1.82) is 0 Å². The SMILES string of the molecule is CCOc1ccc(N2C(=O)NC(=O)/C(=C\c3ccc(OCc4cccc(Cl)c4)c(Cl)c3)C2=O)cc1. The van der Waals surface area contributed by atoms with Gasteiger partial charge in [-0.3, -0.25) is 14.9 Å². The van der Waals surface area contributed by atoms with Gasteiger partial charge in [-0.05, 0) is 72.7 Å². The van der Waals surface area contributed by atoms with Crippen molar-refractivity contribution >= 4 is 52.8 Å². The first-order chi connectivity index (χ1) is 16.9. The lowest BCUT2D eigenvalue weighted by Crippen LogP contribution is -2.54. The Balaban J connectivity index is 1.54. The van der Waals surface area contributed by atoms with Crippen molar-refractivity contribution in [1.82, 2.24) is 5.32 Å². The van der Waals surface area contributed by atoms with Crippen LogP contribution in [0.5, 0.6) is 11.5 Å². The summed E-state index contributed by atoms with van der Waals surface area (Å²) in [5, 5.41) is 3.10. The first-order valence-electron chi connectivity index (χ1n) is 10.7. The lowest BCUT2D eigenvalue weighted by Gasteiger charge is -2.26. The van der Waals surface area contributed by atoms with Crippen LogP contribution in [0.25, 0.3) is 6.08 Å². The van der Waals surface area contributed by atoms with Crippen molar-refractivity contribution in [2.75, 3.05) is 11.5 Å². The molecule has 3 aromatic rings. The number of amides is 4. The number of imide groups is 2. The average molecular weight is 511 g/mol. The maximum atomic E-state index is 13.1. The van der Waals surface area contributed by atoms with E-state index in [1.54, 1.807) is 54.6 Å². The molecule has 178 valence electrons. The van der Waals surface area contributed by atoms with Crippen LogP contribution >= 0.6 is 23.2 Å². The summed E-state index contributed by atoms with van der Waals surface area (Å²) in [4.78, 5) is 38.8. The molecule has 4 amide bonds. The number of hydrogen-bond acceptors (Lipinski definition) is 5. The zero-order chi connectivity index (χ0) is 24.9. The van der Waals surface area contributed by atoms with Crippen molar-refractivity contribution in [2.24, 2.45) is 0 Å². The fraction of sp³-hybridized carbons (Fsp3) is 0.115. The van der Waals surface area contributed by atoms with Crippen molar-refractivity contribution in [3.05, 3.63) is 93.5 Å². The zero-order valence-corrected chi connectivity index (χ0v) is 20.1. The molecule has 1 aliphatic rings. The second kappa shape index (κ2) is 10.6. The highest BCUT2D eigenvalue weighted by Gasteiger charge is 2.36. The van der Waals surface area contributed by atoms with Gasteiger partial charge in [0.15, 0.2) is 0 Å². The number of urea groups is 1. The second-order valence-corrected chi connectivity index (χ2v) is 8.34. The Morgan fingerprint density at radius 2 is 1.71 bits per heavy atom. The molecule has 0 aliphatic carbocycles. The zero-order valence-electron chi connectivity index (χ0n) is 18.6. The second-order valence-electron chi connectivity index (χ2n) is 7.49. The van der Waals surface area contributed by atoms with Crippen molar-refractivity contribution in [3.8, 4) is 11.5 Å². The molecule has 0 bridgehead atoms. The van der Waals surface area contributed by atoms with E-state index in [4.69, 9.17) is 32.7 Å². The molecule has 1 saturated heterocycles. The van der Waals surface area contributed by atoms with Gasteiger partial charge in [0, 0.05) is 5.02 Å². The summed E-state index contributed by atoms with van der Waals surface area (Å²) in [6.45, 7) is 2.60. The van der Waals surface area contributed by atoms with Gasteiger partial charge < -0.3 is 9.47 Å². The number of barbiturate groups is 1. The molecule has 0 radical (unpaired) electrons. The largest absolute Gasteiger partial charge is 0.494 e. The van der Waals surface area contributed by atoms with E-state index in [2.05, 4.69) is 5.32 Å². The molecule has 0 unspecified atom stereocenters. The monoisotopic (exact) mass is 510 g/mol. The van der Waals surface area contributed by atoms with Crippen LogP contribution in [0.1, 0.15) is 18.1 Å². The Morgan fingerprint density at radius 3 is 2.40 bits per heavy atom. The van der Waals surface area contributed by atoms with Gasteiger partial charge in [0.2, 0.25) is 0 Å². The molecular weight excluding hydrogens is 491 g/mol. The van der Waals surface area contributed by atoms with Gasteiger partial charge in [-0.2, -0.15) is 0 Å². The van der Waals surface area contributed by atoms with E-state index in [1.807, 2.05) is 19.1 Å². The van der Waals surface area contributed by atoms with Gasteiger partial charge in [0.1, 0.15) is 23.7 Å². The Morgan fingerprint density at radius 1 is 0.943 bits per heavy atom. The number of carbonyl (C=O) groups excluding carboxylic acids is 3. The third-order valence-corrected chi connectivity index (χ3v) is 5.59. The Kier molecular flexibility index (Phi) is 7.39. The van der Waals surface area contributed by atoms with E-state index < -0.39 is 17.8 Å². The highest BCUT2D eigenvalue weighted by atomic mass is 35.5. The van der Waals surface area contributed by atoms with Gasteiger partial charge in [-0.1, -0.05) is 41.4 Å². The number of nitrogens with one attached hydrogen (secondary N) is 1. The van der Waals surface area contributed by atoms with Crippen LogP contribution in [0, 0.1) is 0 Å². The summed E-state index contributed by atoms with van der Waals surface area (Å²) in [5.74, 6) is -0.514. The fourth-order valence-electron chi connectivity index (χ4n) is 3.43. The lowest BCUT2D eigenvalue weighted by molar-refractivity contribution is -0.122. The molecule has 0 atom stereocenters. The summed E-state index contributed by atoms with van der Waals surface area (Å²) in [5.41, 5.74) is 1.46. The van der Waals surface area contributed by atoms with Crippen LogP contribution in [0.2, 0.25) is 10.0 Å². The summed E-state index contributed by atoms with van der Waals surface area (Å²) in [6.07, 6.45) is 1.37. The highest BCUT2D eigenvalue weighted by molar-refractivity contribution is 6.39. The number of hydrogen-bond donors (Lipinski definition) is 1. The normalized spacial score (nSPS) is 14.8. The van der Waals surface area contributed by atoms with E-state index in [-0.39, 0.29) is 12.2 Å². The summed E-state index contributed by atoms with van der Waals surface area (Å²) >= 11 is 12.4. The molecule has 0 aromatic heterocycles. The van der Waals surface area contributed by atoms with Crippen LogP contribution in [-0.4, -0.2) is 24.5 Å². The van der Waals surface area contributed by atoms with E-state index in [0.29, 0.717) is 39.4 Å². The van der Waals surface area contributed by atoms with Crippen molar-refractivity contribution < 1.29 is 23.9 Å². The fourth-order valence-corrected chi connectivity index (χ4v) is 3.88. The minimum Gasteiger partial charge on any atom is -0.494 e. The average Bonchev–Trinajstić information content (AvgIpc) is 2.82.